The number of nitrogens with zero attached hydrogens (tertiary/aromatic N) is 3. The monoisotopic (exact) mass is 430 g/mol. The van der Waals surface area contributed by atoms with Crippen molar-refractivity contribution in [1.82, 2.24) is 15.0 Å². The molecule has 0 aliphatic carbocycles. The van der Waals surface area contributed by atoms with Gasteiger partial charge in [0.25, 0.3) is 5.91 Å². The van der Waals surface area contributed by atoms with E-state index in [0.29, 0.717) is 23.6 Å². The molecule has 4 aromatic rings. The summed E-state index contributed by atoms with van der Waals surface area (Å²) in [5.74, 6) is 1.29. The van der Waals surface area contributed by atoms with Gasteiger partial charge in [-0.25, -0.2) is 0 Å². The number of anilines is 1. The predicted octanol–water partition coefficient (Wildman–Crippen LogP) is 4.76. The molecule has 164 valence electrons. The van der Waals surface area contributed by atoms with Crippen molar-refractivity contribution >= 4 is 22.6 Å². The first-order chi connectivity index (χ1) is 15.4. The van der Waals surface area contributed by atoms with Crippen molar-refractivity contribution in [2.75, 3.05) is 18.5 Å². The lowest BCUT2D eigenvalue weighted by atomic mass is 10.1. The third kappa shape index (κ3) is 4.56. The van der Waals surface area contributed by atoms with Crippen LogP contribution < -0.4 is 14.8 Å². The van der Waals surface area contributed by atoms with E-state index in [0.717, 1.165) is 33.6 Å². The zero-order valence-corrected chi connectivity index (χ0v) is 18.7. The van der Waals surface area contributed by atoms with Crippen molar-refractivity contribution < 1.29 is 14.3 Å². The molecule has 4 rings (SSSR count). The summed E-state index contributed by atoms with van der Waals surface area (Å²) < 4.78 is 11.2. The number of rotatable bonds is 7. The summed E-state index contributed by atoms with van der Waals surface area (Å²) in [5, 5.41) is 12.0. The Bertz CT molecular complexity index is 1260. The van der Waals surface area contributed by atoms with Crippen molar-refractivity contribution in [2.24, 2.45) is 0 Å². The molecule has 0 aliphatic rings. The van der Waals surface area contributed by atoms with Crippen LogP contribution >= 0.6 is 0 Å². The fourth-order valence-corrected chi connectivity index (χ4v) is 3.37. The van der Waals surface area contributed by atoms with E-state index in [1.54, 1.807) is 4.80 Å². The van der Waals surface area contributed by atoms with Crippen LogP contribution in [0.15, 0.2) is 54.6 Å². The third-order valence-electron chi connectivity index (χ3n) is 5.29. The standard InChI is InChI=1S/C25H26N4O3/c1-5-31-20-11-9-19(10-12-20)29-27-22-13-17(3)21(14-23(22)28-29)26-25(30)15-32-24-8-6-7-16(2)18(24)4/h6-14H,5,15H2,1-4H3,(H,26,30). The highest BCUT2D eigenvalue weighted by Crippen LogP contribution is 2.24. The van der Waals surface area contributed by atoms with Gasteiger partial charge < -0.3 is 14.8 Å². The van der Waals surface area contributed by atoms with Gasteiger partial charge in [-0.3, -0.25) is 4.79 Å². The van der Waals surface area contributed by atoms with E-state index in [9.17, 15) is 4.79 Å². The van der Waals surface area contributed by atoms with Gasteiger partial charge in [-0.15, -0.1) is 10.2 Å². The van der Waals surface area contributed by atoms with Crippen LogP contribution in [-0.2, 0) is 4.79 Å². The smallest absolute Gasteiger partial charge is 0.262 e. The molecule has 0 radical (unpaired) electrons. The maximum Gasteiger partial charge on any atom is 0.262 e. The summed E-state index contributed by atoms with van der Waals surface area (Å²) in [4.78, 5) is 14.1. The first kappa shape index (κ1) is 21.4. The van der Waals surface area contributed by atoms with E-state index in [1.807, 2.05) is 82.3 Å². The van der Waals surface area contributed by atoms with Gasteiger partial charge in [0, 0.05) is 5.69 Å². The van der Waals surface area contributed by atoms with E-state index in [2.05, 4.69) is 15.5 Å². The summed E-state index contributed by atoms with van der Waals surface area (Å²) >= 11 is 0. The number of ether oxygens (including phenoxy) is 2. The Hall–Kier alpha value is -3.87. The molecule has 0 atom stereocenters. The van der Waals surface area contributed by atoms with Crippen molar-refractivity contribution in [2.45, 2.75) is 27.7 Å². The highest BCUT2D eigenvalue weighted by molar-refractivity contribution is 5.95. The second kappa shape index (κ2) is 9.09. The Labute approximate surface area is 187 Å². The lowest BCUT2D eigenvalue weighted by molar-refractivity contribution is -0.118. The van der Waals surface area contributed by atoms with Gasteiger partial charge in [0.15, 0.2) is 6.61 Å². The zero-order valence-electron chi connectivity index (χ0n) is 18.7. The molecule has 7 heteroatoms. The van der Waals surface area contributed by atoms with Crippen molar-refractivity contribution in [3.05, 3.63) is 71.3 Å². The SMILES string of the molecule is CCOc1ccc(-n2nc3cc(C)c(NC(=O)COc4cccc(C)c4C)cc3n2)cc1. The van der Waals surface area contributed by atoms with Crippen LogP contribution in [0.5, 0.6) is 11.5 Å². The number of hydrogen-bond donors (Lipinski definition) is 1. The van der Waals surface area contributed by atoms with Gasteiger partial charge in [-0.1, -0.05) is 12.1 Å². The number of carbonyl (C=O) groups is 1. The highest BCUT2D eigenvalue weighted by Gasteiger charge is 2.12. The summed E-state index contributed by atoms with van der Waals surface area (Å²) in [6, 6.07) is 17.1. The molecule has 0 bridgehead atoms. The van der Waals surface area contributed by atoms with Crippen LogP contribution in [0.1, 0.15) is 23.6 Å². The second-order valence-corrected chi connectivity index (χ2v) is 7.61. The van der Waals surface area contributed by atoms with Crippen molar-refractivity contribution in [3.8, 4) is 17.2 Å². The zero-order chi connectivity index (χ0) is 22.7. The number of fused-ring (bicyclic) bond motifs is 1. The molecule has 1 amide bonds. The molecule has 0 aliphatic heterocycles. The molecule has 7 nitrogen and oxygen atoms in total. The maximum atomic E-state index is 12.5. The fraction of sp³-hybridized carbons (Fsp3) is 0.240. The molecule has 3 aromatic carbocycles. The van der Waals surface area contributed by atoms with Crippen LogP contribution in [0, 0.1) is 20.8 Å². The Balaban J connectivity index is 1.49. The number of hydrogen-bond acceptors (Lipinski definition) is 5. The van der Waals surface area contributed by atoms with Gasteiger partial charge in [-0.05, 0) is 86.8 Å². The van der Waals surface area contributed by atoms with Gasteiger partial charge in [0.2, 0.25) is 0 Å². The molecule has 0 fully saturated rings. The lowest BCUT2D eigenvalue weighted by Crippen LogP contribution is -2.21. The lowest BCUT2D eigenvalue weighted by Gasteiger charge is -2.12. The van der Waals surface area contributed by atoms with Crippen LogP contribution in [0.25, 0.3) is 16.7 Å². The molecule has 0 unspecified atom stereocenters. The molecule has 1 heterocycles. The molecule has 0 saturated heterocycles. The molecule has 0 saturated carbocycles. The van der Waals surface area contributed by atoms with Gasteiger partial charge in [0.1, 0.15) is 22.5 Å². The topological polar surface area (TPSA) is 78.3 Å². The molecule has 32 heavy (non-hydrogen) atoms. The molecule has 0 spiro atoms. The van der Waals surface area contributed by atoms with E-state index in [4.69, 9.17) is 9.47 Å². The average Bonchev–Trinajstić information content (AvgIpc) is 3.18. The minimum atomic E-state index is -0.229. The summed E-state index contributed by atoms with van der Waals surface area (Å²) in [6.07, 6.45) is 0. The normalized spacial score (nSPS) is 10.9. The predicted molar refractivity (Wildman–Crippen MR) is 125 cm³/mol. The van der Waals surface area contributed by atoms with Crippen molar-refractivity contribution in [3.63, 3.8) is 0 Å². The Kier molecular flexibility index (Phi) is 6.07. The van der Waals surface area contributed by atoms with Crippen LogP contribution in [0.3, 0.4) is 0 Å². The van der Waals surface area contributed by atoms with Gasteiger partial charge in [0.05, 0.1) is 12.3 Å². The maximum absolute atomic E-state index is 12.5. The number of aryl methyl sites for hydroxylation is 2. The quantitative estimate of drug-likeness (QED) is 0.457. The van der Waals surface area contributed by atoms with E-state index >= 15 is 0 Å². The highest BCUT2D eigenvalue weighted by atomic mass is 16.5. The Morgan fingerprint density at radius 1 is 0.938 bits per heavy atom. The second-order valence-electron chi connectivity index (χ2n) is 7.61. The fourth-order valence-electron chi connectivity index (χ4n) is 3.37. The first-order valence-corrected chi connectivity index (χ1v) is 10.5. The third-order valence-corrected chi connectivity index (χ3v) is 5.29. The van der Waals surface area contributed by atoms with Crippen molar-refractivity contribution in [1.29, 1.82) is 0 Å². The van der Waals surface area contributed by atoms with Crippen LogP contribution in [0.2, 0.25) is 0 Å². The van der Waals surface area contributed by atoms with Gasteiger partial charge in [-0.2, -0.15) is 4.80 Å². The minimum Gasteiger partial charge on any atom is -0.494 e. The van der Waals surface area contributed by atoms with Crippen LogP contribution in [0.4, 0.5) is 5.69 Å². The Morgan fingerprint density at radius 3 is 2.38 bits per heavy atom. The largest absolute Gasteiger partial charge is 0.494 e. The number of carbonyl (C=O) groups excluding carboxylic acids is 1. The number of nitrogens with one attached hydrogen (secondary N) is 1. The number of benzene rings is 3. The summed E-state index contributed by atoms with van der Waals surface area (Å²) in [6.45, 7) is 8.42. The summed E-state index contributed by atoms with van der Waals surface area (Å²) in [5.41, 5.74) is 6.01. The van der Waals surface area contributed by atoms with Crippen LogP contribution in [-0.4, -0.2) is 34.1 Å². The summed E-state index contributed by atoms with van der Waals surface area (Å²) in [7, 11) is 0. The molecular weight excluding hydrogens is 404 g/mol. The number of aromatic nitrogens is 3. The molecule has 1 N–H and O–H groups in total. The van der Waals surface area contributed by atoms with E-state index < -0.39 is 0 Å². The first-order valence-electron chi connectivity index (χ1n) is 10.5. The molecule has 1 aromatic heterocycles. The molecular formula is C25H26N4O3. The van der Waals surface area contributed by atoms with Gasteiger partial charge >= 0.3 is 0 Å². The Morgan fingerprint density at radius 2 is 1.66 bits per heavy atom. The minimum absolute atomic E-state index is 0.0688. The number of amides is 1. The average molecular weight is 431 g/mol. The van der Waals surface area contributed by atoms with E-state index in [1.165, 1.54) is 0 Å². The van der Waals surface area contributed by atoms with E-state index in [-0.39, 0.29) is 12.5 Å².